The van der Waals surface area contributed by atoms with Crippen molar-refractivity contribution >= 4 is 23.6 Å². The lowest BCUT2D eigenvalue weighted by Gasteiger charge is -2.39. The summed E-state index contributed by atoms with van der Waals surface area (Å²) in [6.45, 7) is 6.12. The molecular formula is C30H31N3O6. The number of pyridine rings is 1. The summed E-state index contributed by atoms with van der Waals surface area (Å²) in [6, 6.07) is 10.3. The van der Waals surface area contributed by atoms with E-state index in [2.05, 4.69) is 10.3 Å². The van der Waals surface area contributed by atoms with Gasteiger partial charge in [0.1, 0.15) is 0 Å². The van der Waals surface area contributed by atoms with E-state index in [0.29, 0.717) is 46.4 Å². The van der Waals surface area contributed by atoms with Gasteiger partial charge in [-0.1, -0.05) is 32.0 Å². The molecule has 1 atom stereocenters. The largest absolute Gasteiger partial charge is 0.463 e. The molecule has 0 bridgehead atoms. The second-order valence-corrected chi connectivity index (χ2v) is 10.7. The number of nitrogens with one attached hydrogen (secondary N) is 1. The number of allylic oxidation sites excluding steroid dienone is 2. The van der Waals surface area contributed by atoms with Gasteiger partial charge < -0.3 is 14.8 Å². The molecule has 0 radical (unpaired) electrons. The lowest BCUT2D eigenvalue weighted by molar-refractivity contribution is -0.139. The van der Waals surface area contributed by atoms with Crippen LogP contribution in [0.3, 0.4) is 0 Å². The van der Waals surface area contributed by atoms with Crippen LogP contribution in [-0.4, -0.2) is 59.8 Å². The van der Waals surface area contributed by atoms with Gasteiger partial charge in [0, 0.05) is 36.0 Å². The first-order chi connectivity index (χ1) is 18.7. The summed E-state index contributed by atoms with van der Waals surface area (Å²) in [5.74, 6) is -1.91. The summed E-state index contributed by atoms with van der Waals surface area (Å²) in [6.07, 6.45) is 4.29. The molecule has 2 amide bonds. The molecule has 202 valence electrons. The van der Waals surface area contributed by atoms with Crippen LogP contribution in [0.1, 0.15) is 65.8 Å². The zero-order valence-electron chi connectivity index (χ0n) is 22.3. The minimum absolute atomic E-state index is 0.000518. The Morgan fingerprint density at radius 1 is 1.08 bits per heavy atom. The van der Waals surface area contributed by atoms with Gasteiger partial charge in [0.15, 0.2) is 5.78 Å². The highest BCUT2D eigenvalue weighted by molar-refractivity contribution is 6.21. The highest BCUT2D eigenvalue weighted by Gasteiger charge is 2.44. The lowest BCUT2D eigenvalue weighted by atomic mass is 9.69. The van der Waals surface area contributed by atoms with Crippen molar-refractivity contribution in [2.24, 2.45) is 5.41 Å². The number of amides is 2. The van der Waals surface area contributed by atoms with Gasteiger partial charge in [-0.05, 0) is 42.5 Å². The predicted octanol–water partition coefficient (Wildman–Crippen LogP) is 3.54. The number of rotatable bonds is 8. The third kappa shape index (κ3) is 5.02. The van der Waals surface area contributed by atoms with Crippen LogP contribution in [0.5, 0.6) is 0 Å². The summed E-state index contributed by atoms with van der Waals surface area (Å²) < 4.78 is 11.4. The van der Waals surface area contributed by atoms with Crippen LogP contribution < -0.4 is 5.32 Å². The first-order valence-electron chi connectivity index (χ1n) is 13.1. The van der Waals surface area contributed by atoms with Crippen LogP contribution in [-0.2, 0) is 19.1 Å². The SMILES string of the molecule is CCOC(=O)C1=C(COCCN2C(=O)c3ccccc3C2=O)NC2=C(C(=O)CC(C)(C)C2)C1c1cccnc1. The fraction of sp³-hybridized carbons (Fsp3) is 0.367. The number of nitrogens with zero attached hydrogens (tertiary/aromatic N) is 2. The molecule has 9 heteroatoms. The lowest BCUT2D eigenvalue weighted by Crippen LogP contribution is -2.40. The Kier molecular flexibility index (Phi) is 7.18. The van der Waals surface area contributed by atoms with E-state index in [9.17, 15) is 19.2 Å². The van der Waals surface area contributed by atoms with Gasteiger partial charge in [-0.3, -0.25) is 24.3 Å². The highest BCUT2D eigenvalue weighted by Crippen LogP contribution is 2.46. The number of hydrogen-bond donors (Lipinski definition) is 1. The molecule has 2 aliphatic heterocycles. The molecule has 39 heavy (non-hydrogen) atoms. The van der Waals surface area contributed by atoms with Crippen LogP contribution in [0, 0.1) is 5.41 Å². The molecule has 1 aromatic carbocycles. The van der Waals surface area contributed by atoms with Crippen LogP contribution >= 0.6 is 0 Å². The number of hydrogen-bond acceptors (Lipinski definition) is 8. The van der Waals surface area contributed by atoms with Crippen molar-refractivity contribution < 1.29 is 28.7 Å². The van der Waals surface area contributed by atoms with Gasteiger partial charge in [-0.2, -0.15) is 0 Å². The van der Waals surface area contributed by atoms with Gasteiger partial charge in [-0.15, -0.1) is 0 Å². The Labute approximate surface area is 226 Å². The van der Waals surface area contributed by atoms with E-state index < -0.39 is 11.9 Å². The molecule has 1 aliphatic carbocycles. The van der Waals surface area contributed by atoms with Crippen LogP contribution in [0.25, 0.3) is 0 Å². The quantitative estimate of drug-likeness (QED) is 0.314. The second kappa shape index (κ2) is 10.6. The Morgan fingerprint density at radius 3 is 2.44 bits per heavy atom. The Morgan fingerprint density at radius 2 is 1.79 bits per heavy atom. The Hall–Kier alpha value is -4.11. The number of carbonyl (C=O) groups excluding carboxylic acids is 4. The van der Waals surface area contributed by atoms with Crippen molar-refractivity contribution in [3.63, 3.8) is 0 Å². The molecule has 3 aliphatic rings. The molecule has 1 unspecified atom stereocenters. The zero-order chi connectivity index (χ0) is 27.7. The van der Waals surface area contributed by atoms with Crippen molar-refractivity contribution in [2.75, 3.05) is 26.4 Å². The predicted molar refractivity (Wildman–Crippen MR) is 141 cm³/mol. The first-order valence-corrected chi connectivity index (χ1v) is 13.1. The topological polar surface area (TPSA) is 115 Å². The maximum absolute atomic E-state index is 13.4. The third-order valence-electron chi connectivity index (χ3n) is 7.22. The smallest absolute Gasteiger partial charge is 0.336 e. The van der Waals surface area contributed by atoms with Crippen molar-refractivity contribution in [3.8, 4) is 0 Å². The van der Waals surface area contributed by atoms with Gasteiger partial charge >= 0.3 is 5.97 Å². The third-order valence-corrected chi connectivity index (χ3v) is 7.22. The average Bonchev–Trinajstić information content (AvgIpc) is 3.15. The average molecular weight is 530 g/mol. The van der Waals surface area contributed by atoms with Crippen molar-refractivity contribution in [3.05, 3.63) is 88.0 Å². The van der Waals surface area contributed by atoms with E-state index in [1.54, 1.807) is 49.6 Å². The van der Waals surface area contributed by atoms with Gasteiger partial charge in [0.05, 0.1) is 48.8 Å². The van der Waals surface area contributed by atoms with E-state index in [1.165, 1.54) is 4.90 Å². The van der Waals surface area contributed by atoms with Gasteiger partial charge in [-0.25, -0.2) is 4.79 Å². The van der Waals surface area contributed by atoms with Crippen molar-refractivity contribution in [1.29, 1.82) is 0 Å². The number of esters is 1. The summed E-state index contributed by atoms with van der Waals surface area (Å²) in [5, 5.41) is 3.34. The summed E-state index contributed by atoms with van der Waals surface area (Å²) >= 11 is 0. The fourth-order valence-corrected chi connectivity index (χ4v) is 5.57. The molecule has 0 saturated carbocycles. The Bertz CT molecular complexity index is 1370. The fourth-order valence-electron chi connectivity index (χ4n) is 5.57. The van der Waals surface area contributed by atoms with Crippen LogP contribution in [0.15, 0.2) is 71.3 Å². The zero-order valence-corrected chi connectivity index (χ0v) is 22.3. The number of ether oxygens (including phenoxy) is 2. The summed E-state index contributed by atoms with van der Waals surface area (Å²) in [7, 11) is 0. The van der Waals surface area contributed by atoms with Crippen LogP contribution in [0.4, 0.5) is 0 Å². The van der Waals surface area contributed by atoms with E-state index in [4.69, 9.17) is 9.47 Å². The molecule has 9 nitrogen and oxygen atoms in total. The normalized spacial score (nSPS) is 20.1. The number of benzene rings is 1. The number of imide groups is 1. The summed E-state index contributed by atoms with van der Waals surface area (Å²) in [4.78, 5) is 57.5. The molecule has 0 saturated heterocycles. The standard InChI is InChI=1S/C30H31N3O6/c1-4-39-29(37)26-22(17-38-13-12-33-27(35)19-9-5-6-10-20(19)28(33)36)32-21-14-30(2,3)15-23(34)25(21)24(26)18-8-7-11-31-16-18/h5-11,16,24,32H,4,12-15,17H2,1-3H3. The van der Waals surface area contributed by atoms with E-state index >= 15 is 0 Å². The molecule has 1 aromatic heterocycles. The molecule has 3 heterocycles. The number of aromatic nitrogens is 1. The minimum atomic E-state index is -0.646. The molecule has 0 spiro atoms. The second-order valence-electron chi connectivity index (χ2n) is 10.7. The molecule has 5 rings (SSSR count). The molecular weight excluding hydrogens is 498 g/mol. The van der Waals surface area contributed by atoms with Crippen LogP contribution in [0.2, 0.25) is 0 Å². The highest BCUT2D eigenvalue weighted by atomic mass is 16.5. The maximum atomic E-state index is 13.4. The molecule has 2 aromatic rings. The molecule has 1 N–H and O–H groups in total. The first kappa shape index (κ1) is 26.5. The van der Waals surface area contributed by atoms with E-state index in [0.717, 1.165) is 5.70 Å². The number of ketones is 1. The van der Waals surface area contributed by atoms with E-state index in [-0.39, 0.29) is 49.4 Å². The summed E-state index contributed by atoms with van der Waals surface area (Å²) in [5.41, 5.74) is 3.34. The minimum Gasteiger partial charge on any atom is -0.463 e. The number of fused-ring (bicyclic) bond motifs is 1. The van der Waals surface area contributed by atoms with Crippen molar-refractivity contribution in [2.45, 2.75) is 39.5 Å². The van der Waals surface area contributed by atoms with Gasteiger partial charge in [0.25, 0.3) is 11.8 Å². The number of carbonyl (C=O) groups is 4. The molecule has 0 fully saturated rings. The Balaban J connectivity index is 1.42. The van der Waals surface area contributed by atoms with Gasteiger partial charge in [0.2, 0.25) is 0 Å². The number of Topliss-reactive ketones (excluding diaryl/α,β-unsaturated/α-hetero) is 1. The van der Waals surface area contributed by atoms with Crippen molar-refractivity contribution in [1.82, 2.24) is 15.2 Å². The monoisotopic (exact) mass is 529 g/mol. The number of dihydropyridines is 1. The van der Waals surface area contributed by atoms with E-state index in [1.807, 2.05) is 19.9 Å². The maximum Gasteiger partial charge on any atom is 0.336 e.